The van der Waals surface area contributed by atoms with Crippen molar-refractivity contribution < 1.29 is 4.92 Å². The number of hydrogen-bond donors (Lipinski definition) is 1. The van der Waals surface area contributed by atoms with E-state index < -0.39 is 4.92 Å². The number of benzene rings is 2. The van der Waals surface area contributed by atoms with Gasteiger partial charge in [-0.25, -0.2) is 9.78 Å². The minimum Gasteiger partial charge on any atom is -0.356 e. The van der Waals surface area contributed by atoms with Crippen LogP contribution in [0.15, 0.2) is 71.5 Å². The molecule has 1 saturated heterocycles. The number of nitrogens with one attached hydrogen (secondary N) is 1. The molecule has 1 N–H and O–H groups in total. The second-order valence-electron chi connectivity index (χ2n) is 7.70. The first-order valence-corrected chi connectivity index (χ1v) is 10.3. The molecule has 8 heteroatoms. The number of aromatic nitrogens is 3. The molecule has 31 heavy (non-hydrogen) atoms. The molecule has 4 aromatic rings. The van der Waals surface area contributed by atoms with E-state index in [1.807, 2.05) is 59.2 Å². The third kappa shape index (κ3) is 3.46. The molecule has 1 fully saturated rings. The smallest absolute Gasteiger partial charge is 0.326 e. The van der Waals surface area contributed by atoms with Crippen molar-refractivity contribution in [1.29, 1.82) is 0 Å². The van der Waals surface area contributed by atoms with E-state index in [0.717, 1.165) is 42.5 Å². The highest BCUT2D eigenvalue weighted by Crippen LogP contribution is 2.32. The molecular formula is C23H21N5O3. The summed E-state index contributed by atoms with van der Waals surface area (Å²) >= 11 is 0. The summed E-state index contributed by atoms with van der Waals surface area (Å²) in [6, 6.07) is 20.3. The maximum absolute atomic E-state index is 12.5. The Morgan fingerprint density at radius 2 is 1.68 bits per heavy atom. The molecule has 0 spiro atoms. The zero-order chi connectivity index (χ0) is 21.4. The minimum atomic E-state index is -0.394. The largest absolute Gasteiger partial charge is 0.356 e. The van der Waals surface area contributed by atoms with Gasteiger partial charge in [0.05, 0.1) is 16.0 Å². The van der Waals surface area contributed by atoms with E-state index in [-0.39, 0.29) is 17.4 Å². The summed E-state index contributed by atoms with van der Waals surface area (Å²) in [5, 5.41) is 11.5. The van der Waals surface area contributed by atoms with Gasteiger partial charge < -0.3 is 9.88 Å². The molecule has 1 aliphatic rings. The molecular weight excluding hydrogens is 394 g/mol. The summed E-state index contributed by atoms with van der Waals surface area (Å²) in [7, 11) is 0. The molecule has 2 aromatic carbocycles. The molecule has 0 bridgehead atoms. The number of piperidine rings is 1. The summed E-state index contributed by atoms with van der Waals surface area (Å²) in [4.78, 5) is 33.3. The predicted molar refractivity (Wildman–Crippen MR) is 119 cm³/mol. The van der Waals surface area contributed by atoms with E-state index in [4.69, 9.17) is 0 Å². The summed E-state index contributed by atoms with van der Waals surface area (Å²) < 4.78 is 1.85. The lowest BCUT2D eigenvalue weighted by molar-refractivity contribution is -0.384. The van der Waals surface area contributed by atoms with Crippen LogP contribution >= 0.6 is 0 Å². The Morgan fingerprint density at radius 3 is 2.42 bits per heavy atom. The van der Waals surface area contributed by atoms with Gasteiger partial charge in [0.15, 0.2) is 5.69 Å². The van der Waals surface area contributed by atoms with E-state index in [1.165, 1.54) is 6.07 Å². The number of fused-ring (bicyclic) bond motifs is 1. The second kappa shape index (κ2) is 7.71. The van der Waals surface area contributed by atoms with Crippen molar-refractivity contribution in [2.75, 3.05) is 18.0 Å². The number of nitrogens with zero attached hydrogens (tertiary/aromatic N) is 4. The summed E-state index contributed by atoms with van der Waals surface area (Å²) in [5.74, 6) is 0.717. The topological polar surface area (TPSA) is 97.1 Å². The quantitative estimate of drug-likeness (QED) is 0.399. The number of H-pyrrole nitrogens is 1. The standard InChI is InChI=1S/C23H21N5O3/c29-23-24-18-8-4-5-9-19(18)27(23)17-12-14-26(15-13-17)21-11-10-20(28(30)31)22(25-21)16-6-2-1-3-7-16/h1-11,17H,12-15H2,(H,24,29). The number of imidazole rings is 1. The Morgan fingerprint density at radius 1 is 0.968 bits per heavy atom. The molecule has 156 valence electrons. The number of rotatable bonds is 4. The molecule has 1 aliphatic heterocycles. The van der Waals surface area contributed by atoms with E-state index in [0.29, 0.717) is 11.5 Å². The average Bonchev–Trinajstić information content (AvgIpc) is 3.15. The van der Waals surface area contributed by atoms with Crippen molar-refractivity contribution in [3.8, 4) is 11.3 Å². The summed E-state index contributed by atoms with van der Waals surface area (Å²) in [6.45, 7) is 1.44. The fourth-order valence-electron chi connectivity index (χ4n) is 4.36. The number of pyridine rings is 1. The summed E-state index contributed by atoms with van der Waals surface area (Å²) in [6.07, 6.45) is 1.59. The molecule has 0 saturated carbocycles. The van der Waals surface area contributed by atoms with Crippen molar-refractivity contribution in [2.24, 2.45) is 0 Å². The molecule has 2 aromatic heterocycles. The lowest BCUT2D eigenvalue weighted by Gasteiger charge is -2.33. The molecule has 0 radical (unpaired) electrons. The summed E-state index contributed by atoms with van der Waals surface area (Å²) in [5.41, 5.74) is 2.77. The van der Waals surface area contributed by atoms with Gasteiger partial charge in [0.2, 0.25) is 0 Å². The first kappa shape index (κ1) is 19.0. The zero-order valence-corrected chi connectivity index (χ0v) is 16.8. The predicted octanol–water partition coefficient (Wildman–Crippen LogP) is 4.14. The normalized spacial score (nSPS) is 14.8. The Kier molecular flexibility index (Phi) is 4.74. The van der Waals surface area contributed by atoms with Crippen molar-refractivity contribution in [3.63, 3.8) is 0 Å². The Balaban J connectivity index is 1.41. The van der Waals surface area contributed by atoms with E-state index in [1.54, 1.807) is 6.07 Å². The van der Waals surface area contributed by atoms with Gasteiger partial charge in [0, 0.05) is 30.8 Å². The molecule has 8 nitrogen and oxygen atoms in total. The monoisotopic (exact) mass is 415 g/mol. The van der Waals surface area contributed by atoms with Gasteiger partial charge in [-0.3, -0.25) is 14.7 Å². The fraction of sp³-hybridized carbons (Fsp3) is 0.217. The second-order valence-corrected chi connectivity index (χ2v) is 7.70. The van der Waals surface area contributed by atoms with E-state index >= 15 is 0 Å². The first-order chi connectivity index (χ1) is 15.1. The fourth-order valence-corrected chi connectivity index (χ4v) is 4.36. The Labute approximate surface area is 177 Å². The van der Waals surface area contributed by atoms with Gasteiger partial charge in [-0.15, -0.1) is 0 Å². The van der Waals surface area contributed by atoms with Gasteiger partial charge in [0.25, 0.3) is 5.69 Å². The lowest BCUT2D eigenvalue weighted by Crippen LogP contribution is -2.37. The van der Waals surface area contributed by atoms with Crippen LogP contribution in [0, 0.1) is 10.1 Å². The van der Waals surface area contributed by atoms with Crippen LogP contribution in [0.1, 0.15) is 18.9 Å². The number of nitro groups is 1. The number of anilines is 1. The van der Waals surface area contributed by atoms with E-state index in [9.17, 15) is 14.9 Å². The molecule has 0 atom stereocenters. The van der Waals surface area contributed by atoms with Gasteiger partial charge >= 0.3 is 5.69 Å². The van der Waals surface area contributed by atoms with Gasteiger partial charge in [-0.1, -0.05) is 42.5 Å². The maximum Gasteiger partial charge on any atom is 0.326 e. The number of hydrogen-bond acceptors (Lipinski definition) is 5. The van der Waals surface area contributed by atoms with E-state index in [2.05, 4.69) is 14.9 Å². The van der Waals surface area contributed by atoms with Crippen molar-refractivity contribution in [3.05, 3.63) is 87.3 Å². The van der Waals surface area contributed by atoms with Crippen LogP contribution in [0.2, 0.25) is 0 Å². The van der Waals surface area contributed by atoms with Crippen molar-refractivity contribution in [1.82, 2.24) is 14.5 Å². The first-order valence-electron chi connectivity index (χ1n) is 10.3. The molecule has 0 unspecified atom stereocenters. The van der Waals surface area contributed by atoms with Crippen LogP contribution in [0.3, 0.4) is 0 Å². The molecule has 3 heterocycles. The molecule has 5 rings (SSSR count). The van der Waals surface area contributed by atoms with Crippen LogP contribution < -0.4 is 10.6 Å². The highest BCUT2D eigenvalue weighted by molar-refractivity contribution is 5.75. The van der Waals surface area contributed by atoms with Crippen LogP contribution in [0.25, 0.3) is 22.3 Å². The van der Waals surface area contributed by atoms with Crippen LogP contribution in [-0.2, 0) is 0 Å². The third-order valence-electron chi connectivity index (χ3n) is 5.88. The Hall–Kier alpha value is -3.94. The van der Waals surface area contributed by atoms with Crippen molar-refractivity contribution in [2.45, 2.75) is 18.9 Å². The zero-order valence-electron chi connectivity index (χ0n) is 16.8. The van der Waals surface area contributed by atoms with Crippen molar-refractivity contribution >= 4 is 22.5 Å². The van der Waals surface area contributed by atoms with Crippen LogP contribution in [0.4, 0.5) is 11.5 Å². The highest BCUT2D eigenvalue weighted by Gasteiger charge is 2.26. The maximum atomic E-state index is 12.5. The highest BCUT2D eigenvalue weighted by atomic mass is 16.6. The van der Waals surface area contributed by atoms with Crippen LogP contribution in [-0.4, -0.2) is 32.5 Å². The van der Waals surface area contributed by atoms with Gasteiger partial charge in [-0.2, -0.15) is 0 Å². The number of aromatic amines is 1. The van der Waals surface area contributed by atoms with Gasteiger partial charge in [-0.05, 0) is 31.0 Å². The van der Waals surface area contributed by atoms with Gasteiger partial charge in [0.1, 0.15) is 5.82 Å². The minimum absolute atomic E-state index is 0.00446. The number of para-hydroxylation sites is 2. The third-order valence-corrected chi connectivity index (χ3v) is 5.88. The molecule has 0 aliphatic carbocycles. The SMILES string of the molecule is O=c1[nH]c2ccccc2n1C1CCN(c2ccc([N+](=O)[O-])c(-c3ccccc3)n2)CC1. The molecule has 0 amide bonds. The average molecular weight is 415 g/mol. The van der Waals surface area contributed by atoms with Crippen LogP contribution in [0.5, 0.6) is 0 Å². The lowest BCUT2D eigenvalue weighted by atomic mass is 10.0. The Bertz CT molecular complexity index is 1300.